The molecule has 1 aromatic rings. The number of hydrogen-bond donors (Lipinski definition) is 3. The normalized spacial score (nSPS) is 11.4. The highest BCUT2D eigenvalue weighted by atomic mass is 28.3. The number of anilines is 3. The summed E-state index contributed by atoms with van der Waals surface area (Å²) in [5.74, 6) is 0.753. The first kappa shape index (κ1) is 10.7. The minimum Gasteiger partial charge on any atom is -0.368 e. The van der Waals surface area contributed by atoms with E-state index in [1.165, 1.54) is 0 Å². The topological polar surface area (TPSA) is 103 Å². The lowest BCUT2D eigenvalue weighted by Crippen LogP contribution is -2.32. The Hall–Kier alpha value is -1.37. The molecule has 0 aliphatic heterocycles. The Bertz CT molecular complexity index is 300. The Morgan fingerprint density at radius 1 is 1.07 bits per heavy atom. The van der Waals surface area contributed by atoms with E-state index < -0.39 is 8.07 Å². The number of nitrogens with one attached hydrogen (secondary N) is 1. The molecule has 0 spiro atoms. The van der Waals surface area contributed by atoms with Gasteiger partial charge in [-0.3, -0.25) is 0 Å². The first-order valence-corrected chi connectivity index (χ1v) is 8.08. The Balaban J connectivity index is 2.68. The van der Waals surface area contributed by atoms with E-state index >= 15 is 0 Å². The molecule has 0 aromatic carbocycles. The van der Waals surface area contributed by atoms with Gasteiger partial charge in [-0.25, -0.2) is 0 Å². The second kappa shape index (κ2) is 3.78. The van der Waals surface area contributed by atoms with Gasteiger partial charge in [0.2, 0.25) is 17.8 Å². The highest BCUT2D eigenvalue weighted by molar-refractivity contribution is 6.76. The predicted molar refractivity (Wildman–Crippen MR) is 60.5 cm³/mol. The summed E-state index contributed by atoms with van der Waals surface area (Å²) >= 11 is 0. The first-order chi connectivity index (χ1) is 6.37. The summed E-state index contributed by atoms with van der Waals surface area (Å²) in [4.78, 5) is 11.5. The van der Waals surface area contributed by atoms with Crippen LogP contribution in [0.2, 0.25) is 19.6 Å². The standard InChI is InChI=1S/C7H16N6Si/c1-14(2,3)4-10-7-12-5(8)11-6(9)13-7/h4H2,1-3H3,(H5,8,9,10,11,12,13). The number of nitrogens with zero attached hydrogens (tertiary/aromatic N) is 3. The van der Waals surface area contributed by atoms with Gasteiger partial charge in [-0.05, 0) is 0 Å². The van der Waals surface area contributed by atoms with E-state index in [-0.39, 0.29) is 11.9 Å². The fraction of sp³-hybridized carbons (Fsp3) is 0.571. The van der Waals surface area contributed by atoms with Crippen LogP contribution in [0.5, 0.6) is 0 Å². The van der Waals surface area contributed by atoms with E-state index in [0.29, 0.717) is 5.95 Å². The lowest BCUT2D eigenvalue weighted by Gasteiger charge is -2.16. The first-order valence-electron chi connectivity index (χ1n) is 4.38. The third-order valence-corrected chi connectivity index (χ3v) is 2.68. The fourth-order valence-corrected chi connectivity index (χ4v) is 1.52. The minimum atomic E-state index is -1.17. The van der Waals surface area contributed by atoms with Crippen molar-refractivity contribution < 1.29 is 0 Å². The van der Waals surface area contributed by atoms with Crippen LogP contribution in [0, 0.1) is 0 Å². The van der Waals surface area contributed by atoms with Gasteiger partial charge in [0.15, 0.2) is 0 Å². The molecule has 0 saturated heterocycles. The minimum absolute atomic E-state index is 0.149. The van der Waals surface area contributed by atoms with Gasteiger partial charge in [-0.2, -0.15) is 15.0 Å². The van der Waals surface area contributed by atoms with Crippen molar-refractivity contribution in [3.05, 3.63) is 0 Å². The maximum Gasteiger partial charge on any atom is 0.228 e. The van der Waals surface area contributed by atoms with E-state index in [1.807, 2.05) is 0 Å². The van der Waals surface area contributed by atoms with Crippen LogP contribution in [0.15, 0.2) is 0 Å². The predicted octanol–water partition coefficient (Wildman–Crippen LogP) is 0.325. The summed E-state index contributed by atoms with van der Waals surface area (Å²) in [6.45, 7) is 6.73. The van der Waals surface area contributed by atoms with Crippen molar-refractivity contribution in [2.24, 2.45) is 0 Å². The average molecular weight is 212 g/mol. The highest BCUT2D eigenvalue weighted by Crippen LogP contribution is 2.06. The summed E-state index contributed by atoms with van der Waals surface area (Å²) in [5, 5.41) is 3.11. The lowest BCUT2D eigenvalue weighted by atomic mass is 10.8. The number of nitrogen functional groups attached to an aromatic ring is 2. The van der Waals surface area contributed by atoms with E-state index in [2.05, 4.69) is 39.9 Å². The van der Waals surface area contributed by atoms with Crippen LogP contribution in [0.3, 0.4) is 0 Å². The molecule has 0 atom stereocenters. The SMILES string of the molecule is C[Si](C)(C)CNc1nc(N)nc(N)n1. The largest absolute Gasteiger partial charge is 0.368 e. The van der Waals surface area contributed by atoms with Crippen LogP contribution in [0.4, 0.5) is 17.8 Å². The van der Waals surface area contributed by atoms with Crippen molar-refractivity contribution in [3.8, 4) is 0 Å². The number of nitrogens with two attached hydrogens (primary N) is 2. The van der Waals surface area contributed by atoms with Crippen molar-refractivity contribution in [1.29, 1.82) is 0 Å². The van der Waals surface area contributed by atoms with Crippen LogP contribution in [-0.2, 0) is 0 Å². The molecule has 14 heavy (non-hydrogen) atoms. The molecule has 0 aliphatic carbocycles. The third-order valence-electron chi connectivity index (χ3n) is 1.45. The van der Waals surface area contributed by atoms with Crippen LogP contribution < -0.4 is 16.8 Å². The van der Waals surface area contributed by atoms with E-state index in [9.17, 15) is 0 Å². The van der Waals surface area contributed by atoms with Gasteiger partial charge in [0.1, 0.15) is 0 Å². The second-order valence-corrected chi connectivity index (χ2v) is 9.76. The number of hydrogen-bond acceptors (Lipinski definition) is 6. The van der Waals surface area contributed by atoms with Crippen LogP contribution in [0.1, 0.15) is 0 Å². The molecule has 0 bridgehead atoms. The Morgan fingerprint density at radius 3 is 2.00 bits per heavy atom. The monoisotopic (exact) mass is 212 g/mol. The molecule has 0 radical (unpaired) electrons. The maximum absolute atomic E-state index is 5.43. The van der Waals surface area contributed by atoms with Crippen LogP contribution in [0.25, 0.3) is 0 Å². The third kappa shape index (κ3) is 3.56. The molecule has 0 fully saturated rings. The van der Waals surface area contributed by atoms with Crippen molar-refractivity contribution >= 4 is 25.9 Å². The van der Waals surface area contributed by atoms with Gasteiger partial charge in [-0.1, -0.05) is 19.6 Å². The van der Waals surface area contributed by atoms with Crippen molar-refractivity contribution in [2.75, 3.05) is 23.0 Å². The fourth-order valence-electron chi connectivity index (χ4n) is 0.833. The van der Waals surface area contributed by atoms with Crippen LogP contribution in [-0.4, -0.2) is 29.2 Å². The van der Waals surface area contributed by atoms with Crippen LogP contribution >= 0.6 is 0 Å². The number of rotatable bonds is 3. The summed E-state index contributed by atoms with van der Waals surface area (Å²) < 4.78 is 0. The second-order valence-electron chi connectivity index (χ2n) is 4.29. The van der Waals surface area contributed by atoms with E-state index in [4.69, 9.17) is 11.5 Å². The summed E-state index contributed by atoms with van der Waals surface area (Å²) in [5.41, 5.74) is 10.9. The van der Waals surface area contributed by atoms with Crippen molar-refractivity contribution in [3.63, 3.8) is 0 Å². The van der Waals surface area contributed by atoms with Gasteiger partial charge in [0.05, 0.1) is 8.07 Å². The lowest BCUT2D eigenvalue weighted by molar-refractivity contribution is 1.06. The van der Waals surface area contributed by atoms with Gasteiger partial charge in [-0.15, -0.1) is 0 Å². The summed E-state index contributed by atoms with van der Waals surface area (Å²) in [6.07, 6.45) is 0.885. The molecule has 5 N–H and O–H groups in total. The molecule has 1 heterocycles. The zero-order chi connectivity index (χ0) is 10.8. The van der Waals surface area contributed by atoms with Crippen molar-refractivity contribution in [1.82, 2.24) is 15.0 Å². The van der Waals surface area contributed by atoms with Gasteiger partial charge >= 0.3 is 0 Å². The molecular formula is C7H16N6Si. The molecule has 1 rings (SSSR count). The van der Waals surface area contributed by atoms with Gasteiger partial charge in [0, 0.05) is 6.17 Å². The molecule has 0 amide bonds. The Morgan fingerprint density at radius 2 is 1.57 bits per heavy atom. The zero-order valence-corrected chi connectivity index (χ0v) is 9.70. The Kier molecular flexibility index (Phi) is 2.89. The van der Waals surface area contributed by atoms with Crippen molar-refractivity contribution in [2.45, 2.75) is 19.6 Å². The van der Waals surface area contributed by atoms with E-state index in [0.717, 1.165) is 6.17 Å². The quantitative estimate of drug-likeness (QED) is 0.624. The Labute approximate surface area is 84.2 Å². The molecule has 1 aromatic heterocycles. The summed E-state index contributed by atoms with van der Waals surface area (Å²) in [6, 6.07) is 0. The maximum atomic E-state index is 5.43. The average Bonchev–Trinajstić information content (AvgIpc) is 1.97. The molecule has 78 valence electrons. The van der Waals surface area contributed by atoms with Gasteiger partial charge in [0.25, 0.3) is 0 Å². The smallest absolute Gasteiger partial charge is 0.228 e. The highest BCUT2D eigenvalue weighted by Gasteiger charge is 2.13. The summed E-state index contributed by atoms with van der Waals surface area (Å²) in [7, 11) is -1.17. The molecule has 7 heteroatoms. The van der Waals surface area contributed by atoms with E-state index in [1.54, 1.807) is 0 Å². The molecule has 0 saturated carbocycles. The molecular weight excluding hydrogens is 196 g/mol. The molecule has 0 aliphatic rings. The van der Waals surface area contributed by atoms with Gasteiger partial charge < -0.3 is 16.8 Å². The number of aromatic nitrogens is 3. The molecule has 6 nitrogen and oxygen atoms in total. The molecule has 0 unspecified atom stereocenters. The zero-order valence-electron chi connectivity index (χ0n) is 8.70.